The topological polar surface area (TPSA) is 49.0 Å². The Morgan fingerprint density at radius 2 is 2.33 bits per heavy atom. The lowest BCUT2D eigenvalue weighted by Gasteiger charge is -2.21. The molecule has 0 unspecified atom stereocenters. The van der Waals surface area contributed by atoms with E-state index in [-0.39, 0.29) is 10.6 Å². The van der Waals surface area contributed by atoms with E-state index >= 15 is 0 Å². The summed E-state index contributed by atoms with van der Waals surface area (Å²) in [6.07, 6.45) is 2.51. The third-order valence-corrected chi connectivity index (χ3v) is 3.69. The molecule has 0 aliphatic carbocycles. The fraction of sp³-hybridized carbons (Fsp3) is 0.556. The highest BCUT2D eigenvalue weighted by Crippen LogP contribution is 2.21. The van der Waals surface area contributed by atoms with Crippen molar-refractivity contribution in [3.63, 3.8) is 0 Å². The minimum atomic E-state index is -0.265. The van der Waals surface area contributed by atoms with Gasteiger partial charge in [-0.2, -0.15) is 11.8 Å². The molecule has 0 atom stereocenters. The molecule has 1 aromatic heterocycles. The van der Waals surface area contributed by atoms with Crippen molar-refractivity contribution in [2.75, 3.05) is 29.5 Å². The first-order chi connectivity index (χ1) is 7.29. The van der Waals surface area contributed by atoms with Crippen molar-refractivity contribution in [1.82, 2.24) is 9.97 Å². The summed E-state index contributed by atoms with van der Waals surface area (Å²) in [6, 6.07) is 0. The average Bonchev–Trinajstić information content (AvgIpc) is 2.50. The molecular weight excluding hydrogens is 234 g/mol. The molecule has 0 amide bonds. The van der Waals surface area contributed by atoms with Crippen LogP contribution in [0.25, 0.3) is 0 Å². The lowest BCUT2D eigenvalue weighted by Crippen LogP contribution is -2.28. The number of nitrogens with one attached hydrogen (secondary N) is 1. The molecule has 0 spiro atoms. The van der Waals surface area contributed by atoms with E-state index < -0.39 is 0 Å². The molecule has 1 saturated heterocycles. The van der Waals surface area contributed by atoms with Gasteiger partial charge in [-0.3, -0.25) is 4.79 Å². The number of thioether (sulfide) groups is 1. The standard InChI is InChI=1S/C9H12ClN3OS/c10-7-8(11-6-12-9(7)14)13-2-1-4-15-5-3-13/h6H,1-5H2,(H,11,12,14). The number of aromatic nitrogens is 2. The van der Waals surface area contributed by atoms with Gasteiger partial charge in [0.1, 0.15) is 5.02 Å². The smallest absolute Gasteiger partial charge is 0.271 e. The summed E-state index contributed by atoms with van der Waals surface area (Å²) in [7, 11) is 0. The van der Waals surface area contributed by atoms with Crippen LogP contribution in [0.5, 0.6) is 0 Å². The number of hydrogen-bond donors (Lipinski definition) is 1. The van der Waals surface area contributed by atoms with Crippen LogP contribution >= 0.6 is 23.4 Å². The van der Waals surface area contributed by atoms with Crippen LogP contribution in [-0.2, 0) is 0 Å². The summed E-state index contributed by atoms with van der Waals surface area (Å²) in [5.41, 5.74) is -0.265. The van der Waals surface area contributed by atoms with E-state index in [1.807, 2.05) is 11.8 Å². The summed E-state index contributed by atoms with van der Waals surface area (Å²) in [6.45, 7) is 1.82. The average molecular weight is 246 g/mol. The predicted molar refractivity (Wildman–Crippen MR) is 64.0 cm³/mol. The van der Waals surface area contributed by atoms with Crippen LogP contribution < -0.4 is 10.5 Å². The van der Waals surface area contributed by atoms with E-state index in [1.165, 1.54) is 6.33 Å². The van der Waals surface area contributed by atoms with Gasteiger partial charge in [-0.25, -0.2) is 4.98 Å². The molecule has 6 heteroatoms. The summed E-state index contributed by atoms with van der Waals surface area (Å²) in [5.74, 6) is 2.84. The largest absolute Gasteiger partial charge is 0.354 e. The molecule has 1 N–H and O–H groups in total. The van der Waals surface area contributed by atoms with Crippen LogP contribution in [0, 0.1) is 0 Å². The molecule has 2 rings (SSSR count). The van der Waals surface area contributed by atoms with Gasteiger partial charge in [-0.15, -0.1) is 0 Å². The van der Waals surface area contributed by atoms with E-state index in [0.29, 0.717) is 5.82 Å². The zero-order valence-corrected chi connectivity index (χ0v) is 9.77. The number of aromatic amines is 1. The van der Waals surface area contributed by atoms with Crippen molar-refractivity contribution in [3.05, 3.63) is 21.7 Å². The third kappa shape index (κ3) is 2.46. The zero-order valence-electron chi connectivity index (χ0n) is 8.20. The van der Waals surface area contributed by atoms with Crippen molar-refractivity contribution in [2.24, 2.45) is 0 Å². The maximum Gasteiger partial charge on any atom is 0.271 e. The molecule has 2 heterocycles. The molecule has 1 aromatic rings. The summed E-state index contributed by atoms with van der Waals surface area (Å²) in [4.78, 5) is 20.0. The highest BCUT2D eigenvalue weighted by atomic mass is 35.5. The fourth-order valence-electron chi connectivity index (χ4n) is 1.55. The molecule has 1 aliphatic rings. The summed E-state index contributed by atoms with van der Waals surface area (Å²) < 4.78 is 0. The maximum absolute atomic E-state index is 11.3. The molecular formula is C9H12ClN3OS. The Labute approximate surface area is 97.0 Å². The Morgan fingerprint density at radius 3 is 3.20 bits per heavy atom. The second-order valence-electron chi connectivity index (χ2n) is 3.32. The molecule has 0 aromatic carbocycles. The van der Waals surface area contributed by atoms with Crippen LogP contribution in [0.3, 0.4) is 0 Å². The number of anilines is 1. The number of halogens is 1. The molecule has 0 bridgehead atoms. The van der Waals surface area contributed by atoms with Crippen molar-refractivity contribution in [2.45, 2.75) is 6.42 Å². The Hall–Kier alpha value is -0.680. The summed E-state index contributed by atoms with van der Waals surface area (Å²) >= 11 is 7.85. The molecule has 1 aliphatic heterocycles. The van der Waals surface area contributed by atoms with Crippen LogP contribution in [-0.4, -0.2) is 34.6 Å². The van der Waals surface area contributed by atoms with Crippen molar-refractivity contribution in [3.8, 4) is 0 Å². The van der Waals surface area contributed by atoms with E-state index in [2.05, 4.69) is 14.9 Å². The van der Waals surface area contributed by atoms with E-state index in [0.717, 1.165) is 31.0 Å². The first-order valence-corrected chi connectivity index (χ1v) is 6.38. The van der Waals surface area contributed by atoms with Gasteiger partial charge in [0.25, 0.3) is 5.56 Å². The van der Waals surface area contributed by atoms with Gasteiger partial charge in [-0.1, -0.05) is 11.6 Å². The summed E-state index contributed by atoms with van der Waals surface area (Å²) in [5, 5.41) is 0.199. The lowest BCUT2D eigenvalue weighted by molar-refractivity contribution is 0.797. The minimum absolute atomic E-state index is 0.199. The highest BCUT2D eigenvalue weighted by molar-refractivity contribution is 7.99. The first kappa shape index (κ1) is 10.8. The second-order valence-corrected chi connectivity index (χ2v) is 4.92. The molecule has 15 heavy (non-hydrogen) atoms. The van der Waals surface area contributed by atoms with E-state index in [4.69, 9.17) is 11.6 Å². The van der Waals surface area contributed by atoms with E-state index in [1.54, 1.807) is 0 Å². The Morgan fingerprint density at radius 1 is 1.47 bits per heavy atom. The molecule has 0 saturated carbocycles. The van der Waals surface area contributed by atoms with Crippen molar-refractivity contribution < 1.29 is 0 Å². The number of hydrogen-bond acceptors (Lipinski definition) is 4. The quantitative estimate of drug-likeness (QED) is 0.812. The van der Waals surface area contributed by atoms with Gasteiger partial charge in [0.2, 0.25) is 0 Å². The Balaban J connectivity index is 2.27. The third-order valence-electron chi connectivity index (χ3n) is 2.30. The van der Waals surface area contributed by atoms with Gasteiger partial charge in [0, 0.05) is 18.8 Å². The maximum atomic E-state index is 11.3. The van der Waals surface area contributed by atoms with Gasteiger partial charge in [0.15, 0.2) is 5.82 Å². The predicted octanol–water partition coefficient (Wildman–Crippen LogP) is 1.37. The van der Waals surface area contributed by atoms with Gasteiger partial charge in [0.05, 0.1) is 6.33 Å². The van der Waals surface area contributed by atoms with Gasteiger partial charge in [-0.05, 0) is 12.2 Å². The highest BCUT2D eigenvalue weighted by Gasteiger charge is 2.15. The monoisotopic (exact) mass is 245 g/mol. The first-order valence-electron chi connectivity index (χ1n) is 4.85. The number of rotatable bonds is 1. The van der Waals surface area contributed by atoms with Gasteiger partial charge >= 0.3 is 0 Å². The molecule has 82 valence electrons. The van der Waals surface area contributed by atoms with E-state index in [9.17, 15) is 4.79 Å². The lowest BCUT2D eigenvalue weighted by atomic mass is 10.4. The molecule has 1 fully saturated rings. The zero-order chi connectivity index (χ0) is 10.7. The van der Waals surface area contributed by atoms with Gasteiger partial charge < -0.3 is 9.88 Å². The Bertz CT molecular complexity index is 387. The Kier molecular flexibility index (Phi) is 3.53. The minimum Gasteiger partial charge on any atom is -0.354 e. The number of nitrogens with zero attached hydrogens (tertiary/aromatic N) is 2. The normalized spacial score (nSPS) is 17.5. The fourth-order valence-corrected chi connectivity index (χ4v) is 2.66. The molecule has 0 radical (unpaired) electrons. The van der Waals surface area contributed by atoms with Crippen LogP contribution in [0.4, 0.5) is 5.82 Å². The SMILES string of the molecule is O=c1[nH]cnc(N2CCCSCC2)c1Cl. The van der Waals surface area contributed by atoms with Crippen molar-refractivity contribution >= 4 is 29.2 Å². The number of H-pyrrole nitrogens is 1. The molecule has 4 nitrogen and oxygen atoms in total. The second kappa shape index (κ2) is 4.90. The van der Waals surface area contributed by atoms with Crippen LogP contribution in [0.1, 0.15) is 6.42 Å². The van der Waals surface area contributed by atoms with Crippen molar-refractivity contribution in [1.29, 1.82) is 0 Å². The van der Waals surface area contributed by atoms with Crippen LogP contribution in [0.2, 0.25) is 5.02 Å². The van der Waals surface area contributed by atoms with Crippen LogP contribution in [0.15, 0.2) is 11.1 Å².